The minimum atomic E-state index is 0.120. The molecule has 0 aromatic heterocycles. The van der Waals surface area contributed by atoms with Crippen LogP contribution in [0.2, 0.25) is 0 Å². The number of aliphatic imine (C=N–C) groups is 1. The van der Waals surface area contributed by atoms with Crippen LogP contribution in [0.15, 0.2) is 23.2 Å². The molecule has 1 aromatic carbocycles. The van der Waals surface area contributed by atoms with E-state index in [0.717, 1.165) is 22.0 Å². The first-order valence-corrected chi connectivity index (χ1v) is 6.12. The van der Waals surface area contributed by atoms with Gasteiger partial charge in [0, 0.05) is 7.05 Å². The van der Waals surface area contributed by atoms with Crippen molar-refractivity contribution in [2.45, 2.75) is 13.8 Å². The van der Waals surface area contributed by atoms with Crippen LogP contribution in [0.5, 0.6) is 0 Å². The number of nitrogens with zero attached hydrogens (tertiary/aromatic N) is 2. The Labute approximate surface area is 99.6 Å². The number of carbonyl (C=O) groups excluding carboxylic acids is 1. The number of hydrogen-bond donors (Lipinski definition) is 0. The van der Waals surface area contributed by atoms with E-state index in [-0.39, 0.29) is 5.91 Å². The topological polar surface area (TPSA) is 32.7 Å². The van der Waals surface area contributed by atoms with Crippen molar-refractivity contribution in [2.24, 2.45) is 4.99 Å². The van der Waals surface area contributed by atoms with Crippen molar-refractivity contribution in [2.75, 3.05) is 12.8 Å². The molecule has 84 valence electrons. The summed E-state index contributed by atoms with van der Waals surface area (Å²) in [6.45, 7) is 4.07. The first-order valence-electron chi connectivity index (χ1n) is 5.14. The van der Waals surface area contributed by atoms with Crippen molar-refractivity contribution in [3.05, 3.63) is 29.3 Å². The molecule has 0 spiro atoms. The lowest BCUT2D eigenvalue weighted by atomic mass is 10.1. The Kier molecular flexibility index (Phi) is 3.01. The molecule has 0 radical (unpaired) electrons. The van der Waals surface area contributed by atoms with Crippen LogP contribution in [0.3, 0.4) is 0 Å². The van der Waals surface area contributed by atoms with Crippen LogP contribution < -0.4 is 0 Å². The highest BCUT2D eigenvalue weighted by Gasteiger charge is 2.24. The summed E-state index contributed by atoms with van der Waals surface area (Å²) in [5.41, 5.74) is 3.26. The van der Waals surface area contributed by atoms with Gasteiger partial charge in [-0.3, -0.25) is 9.69 Å². The summed E-state index contributed by atoms with van der Waals surface area (Å²) in [7, 11) is 1.77. The largest absolute Gasteiger partial charge is 0.294 e. The van der Waals surface area contributed by atoms with E-state index >= 15 is 0 Å². The van der Waals surface area contributed by atoms with Gasteiger partial charge >= 0.3 is 0 Å². The highest BCUT2D eigenvalue weighted by Crippen LogP contribution is 2.27. The van der Waals surface area contributed by atoms with Gasteiger partial charge in [0.15, 0.2) is 5.17 Å². The third-order valence-electron chi connectivity index (χ3n) is 2.63. The first kappa shape index (κ1) is 11.2. The maximum Gasteiger partial charge on any atom is 0.238 e. The van der Waals surface area contributed by atoms with Crippen molar-refractivity contribution in [3.8, 4) is 0 Å². The van der Waals surface area contributed by atoms with Crippen LogP contribution >= 0.6 is 11.8 Å². The van der Waals surface area contributed by atoms with Gasteiger partial charge in [0.25, 0.3) is 0 Å². The van der Waals surface area contributed by atoms with E-state index in [4.69, 9.17) is 0 Å². The second kappa shape index (κ2) is 4.29. The fourth-order valence-electron chi connectivity index (χ4n) is 1.61. The smallest absolute Gasteiger partial charge is 0.238 e. The van der Waals surface area contributed by atoms with Gasteiger partial charge in [-0.25, -0.2) is 4.99 Å². The molecule has 1 heterocycles. The predicted molar refractivity (Wildman–Crippen MR) is 68.2 cm³/mol. The van der Waals surface area contributed by atoms with Crippen molar-refractivity contribution in [1.29, 1.82) is 0 Å². The number of rotatable bonds is 1. The Bertz CT molecular complexity index is 448. The number of hydrogen-bond acceptors (Lipinski definition) is 3. The summed E-state index contributed by atoms with van der Waals surface area (Å²) in [5.74, 6) is 0.621. The van der Waals surface area contributed by atoms with Gasteiger partial charge in [0.2, 0.25) is 5.91 Å². The van der Waals surface area contributed by atoms with Gasteiger partial charge in [-0.05, 0) is 25.0 Å². The molecule has 1 saturated heterocycles. The number of para-hydroxylation sites is 1. The quantitative estimate of drug-likeness (QED) is 0.748. The lowest BCUT2D eigenvalue weighted by molar-refractivity contribution is -0.123. The zero-order chi connectivity index (χ0) is 11.7. The van der Waals surface area contributed by atoms with E-state index in [9.17, 15) is 4.79 Å². The minimum absolute atomic E-state index is 0.120. The highest BCUT2D eigenvalue weighted by atomic mass is 32.2. The average Bonchev–Trinajstić information content (AvgIpc) is 2.55. The molecule has 0 unspecified atom stereocenters. The van der Waals surface area contributed by atoms with Gasteiger partial charge < -0.3 is 0 Å². The van der Waals surface area contributed by atoms with Crippen LogP contribution in [0, 0.1) is 13.8 Å². The Balaban J connectivity index is 2.40. The number of benzene rings is 1. The van der Waals surface area contributed by atoms with Crippen molar-refractivity contribution >= 4 is 28.5 Å². The molecule has 1 amide bonds. The maximum atomic E-state index is 11.4. The van der Waals surface area contributed by atoms with E-state index in [1.54, 1.807) is 11.9 Å². The number of amidine groups is 1. The zero-order valence-electron chi connectivity index (χ0n) is 9.65. The van der Waals surface area contributed by atoms with E-state index in [1.807, 2.05) is 32.0 Å². The van der Waals surface area contributed by atoms with E-state index in [0.29, 0.717) is 5.75 Å². The van der Waals surface area contributed by atoms with Crippen LogP contribution in [0.1, 0.15) is 11.1 Å². The summed E-state index contributed by atoms with van der Waals surface area (Å²) in [5, 5.41) is 0.794. The summed E-state index contributed by atoms with van der Waals surface area (Å²) >= 11 is 1.50. The molecule has 0 aliphatic carbocycles. The Morgan fingerprint density at radius 1 is 1.31 bits per heavy atom. The molecular weight excluding hydrogens is 220 g/mol. The van der Waals surface area contributed by atoms with Crippen LogP contribution in [-0.2, 0) is 4.79 Å². The van der Waals surface area contributed by atoms with Crippen molar-refractivity contribution in [1.82, 2.24) is 4.90 Å². The molecule has 1 fully saturated rings. The molecule has 1 aromatic rings. The van der Waals surface area contributed by atoms with Crippen LogP contribution in [0.25, 0.3) is 0 Å². The second-order valence-electron chi connectivity index (χ2n) is 3.88. The van der Waals surface area contributed by atoms with Crippen molar-refractivity contribution < 1.29 is 4.79 Å². The fraction of sp³-hybridized carbons (Fsp3) is 0.333. The molecule has 0 saturated carbocycles. The van der Waals surface area contributed by atoms with Gasteiger partial charge in [-0.1, -0.05) is 30.0 Å². The highest BCUT2D eigenvalue weighted by molar-refractivity contribution is 8.15. The molecule has 0 N–H and O–H groups in total. The second-order valence-corrected chi connectivity index (χ2v) is 4.82. The van der Waals surface area contributed by atoms with Gasteiger partial charge in [-0.15, -0.1) is 0 Å². The van der Waals surface area contributed by atoms with Crippen LogP contribution in [-0.4, -0.2) is 28.8 Å². The number of carbonyl (C=O) groups is 1. The molecule has 1 aliphatic rings. The molecule has 1 aliphatic heterocycles. The molecule has 0 atom stereocenters. The average molecular weight is 234 g/mol. The summed E-state index contributed by atoms with van der Waals surface area (Å²) in [4.78, 5) is 17.6. The zero-order valence-corrected chi connectivity index (χ0v) is 10.5. The Morgan fingerprint density at radius 2 is 1.94 bits per heavy atom. The Hall–Kier alpha value is -1.29. The fourth-order valence-corrected chi connectivity index (χ4v) is 2.51. The SMILES string of the molecule is Cc1cccc(C)c1N=C1SCC(=O)N1C. The molecule has 2 rings (SSSR count). The molecule has 16 heavy (non-hydrogen) atoms. The van der Waals surface area contributed by atoms with Crippen LogP contribution in [0.4, 0.5) is 5.69 Å². The summed E-state index contributed by atoms with van der Waals surface area (Å²) in [6, 6.07) is 6.09. The first-order chi connectivity index (χ1) is 7.59. The monoisotopic (exact) mass is 234 g/mol. The summed E-state index contributed by atoms with van der Waals surface area (Å²) < 4.78 is 0. The molecule has 4 heteroatoms. The minimum Gasteiger partial charge on any atom is -0.294 e. The van der Waals surface area contributed by atoms with E-state index in [2.05, 4.69) is 4.99 Å². The number of thioether (sulfide) groups is 1. The molecular formula is C12H14N2OS. The third kappa shape index (κ3) is 1.97. The van der Waals surface area contributed by atoms with E-state index < -0.39 is 0 Å². The standard InChI is InChI=1S/C12H14N2OS/c1-8-5-4-6-9(2)11(8)13-12-14(3)10(15)7-16-12/h4-6H,7H2,1-3H3. The summed E-state index contributed by atoms with van der Waals surface area (Å²) in [6.07, 6.45) is 0. The van der Waals surface area contributed by atoms with Gasteiger partial charge in [-0.2, -0.15) is 0 Å². The lowest BCUT2D eigenvalue weighted by Gasteiger charge is -2.10. The predicted octanol–water partition coefficient (Wildman–Crippen LogP) is 2.50. The lowest BCUT2D eigenvalue weighted by Crippen LogP contribution is -2.24. The van der Waals surface area contributed by atoms with E-state index in [1.165, 1.54) is 11.8 Å². The normalized spacial score (nSPS) is 18.6. The maximum absolute atomic E-state index is 11.4. The number of amides is 1. The Morgan fingerprint density at radius 3 is 2.44 bits per heavy atom. The third-order valence-corrected chi connectivity index (χ3v) is 3.65. The molecule has 3 nitrogen and oxygen atoms in total. The van der Waals surface area contributed by atoms with Crippen molar-refractivity contribution in [3.63, 3.8) is 0 Å². The van der Waals surface area contributed by atoms with Gasteiger partial charge in [0.1, 0.15) is 0 Å². The van der Waals surface area contributed by atoms with Gasteiger partial charge in [0.05, 0.1) is 11.4 Å². The molecule has 0 bridgehead atoms. The number of aryl methyl sites for hydroxylation is 2.